The van der Waals surface area contributed by atoms with Gasteiger partial charge in [0, 0.05) is 6.42 Å². The Kier molecular flexibility index (Phi) is 9.26. The minimum Gasteiger partial charge on any atom is -0.480 e. The number of rotatable bonds is 10. The molecule has 154 valence electrons. The van der Waals surface area contributed by atoms with Crippen LogP contribution >= 0.6 is 0 Å². The van der Waals surface area contributed by atoms with Gasteiger partial charge >= 0.3 is 5.97 Å². The highest BCUT2D eigenvalue weighted by Crippen LogP contribution is 2.10. The van der Waals surface area contributed by atoms with Crippen LogP contribution in [-0.2, 0) is 25.6 Å². The van der Waals surface area contributed by atoms with Gasteiger partial charge in [0.1, 0.15) is 12.6 Å². The Morgan fingerprint density at radius 2 is 1.71 bits per heavy atom. The van der Waals surface area contributed by atoms with Crippen LogP contribution in [0.3, 0.4) is 0 Å². The summed E-state index contributed by atoms with van der Waals surface area (Å²) in [4.78, 5) is 49.2. The first-order valence-electron chi connectivity index (χ1n) is 9.01. The number of hydrogen-bond donors (Lipinski definition) is 4. The minimum atomic E-state index is -1.36. The fourth-order valence-corrected chi connectivity index (χ4v) is 2.70. The van der Waals surface area contributed by atoms with Gasteiger partial charge in [-0.1, -0.05) is 44.2 Å². The van der Waals surface area contributed by atoms with Gasteiger partial charge in [0.15, 0.2) is 0 Å². The average molecular weight is 392 g/mol. The number of amides is 3. The second kappa shape index (κ2) is 11.2. The number of carboxylic acid groups (broad SMARTS) is 1. The van der Waals surface area contributed by atoms with Crippen molar-refractivity contribution in [2.75, 3.05) is 13.1 Å². The van der Waals surface area contributed by atoms with E-state index in [0.29, 0.717) is 11.3 Å². The molecule has 0 aliphatic heterocycles. The van der Waals surface area contributed by atoms with E-state index in [2.05, 4.69) is 5.32 Å². The van der Waals surface area contributed by atoms with Gasteiger partial charge in [0.05, 0.1) is 12.6 Å². The molecule has 28 heavy (non-hydrogen) atoms. The predicted molar refractivity (Wildman–Crippen MR) is 103 cm³/mol. The molecule has 9 nitrogen and oxygen atoms in total. The third kappa shape index (κ3) is 7.45. The van der Waals surface area contributed by atoms with Crippen LogP contribution in [0.5, 0.6) is 0 Å². The molecule has 0 aromatic heterocycles. The summed E-state index contributed by atoms with van der Waals surface area (Å²) >= 11 is 0. The summed E-state index contributed by atoms with van der Waals surface area (Å²) in [5, 5.41) is 11.6. The van der Waals surface area contributed by atoms with Crippen molar-refractivity contribution in [3.8, 4) is 0 Å². The van der Waals surface area contributed by atoms with E-state index in [9.17, 15) is 19.2 Å². The second-order valence-electron chi connectivity index (χ2n) is 6.91. The van der Waals surface area contributed by atoms with Crippen LogP contribution < -0.4 is 16.8 Å². The van der Waals surface area contributed by atoms with E-state index in [1.54, 1.807) is 30.3 Å². The van der Waals surface area contributed by atoms with E-state index >= 15 is 0 Å². The van der Waals surface area contributed by atoms with Crippen molar-refractivity contribution in [2.45, 2.75) is 38.8 Å². The fourth-order valence-electron chi connectivity index (χ4n) is 2.70. The predicted octanol–water partition coefficient (Wildman–Crippen LogP) is -0.514. The molecule has 0 heterocycles. The third-order valence-corrected chi connectivity index (χ3v) is 3.97. The SMILES string of the molecule is CC(C)C[C@H](N)C(=O)N(CC(=O)O)C(=O)[C@H](Cc1ccccc1)NC(=O)CN. The molecule has 0 unspecified atom stereocenters. The fraction of sp³-hybridized carbons (Fsp3) is 0.474. The standard InChI is InChI=1S/C19H28N4O5/c1-12(2)8-14(21)18(27)23(11-17(25)26)19(28)15(22-16(24)10-20)9-13-6-4-3-5-7-13/h3-7,12,14-15H,8-11,20-21H2,1-2H3,(H,22,24)(H,25,26)/t14-,15-/m0/s1. The number of nitrogens with one attached hydrogen (secondary N) is 1. The highest BCUT2D eigenvalue weighted by molar-refractivity contribution is 6.03. The van der Waals surface area contributed by atoms with Crippen molar-refractivity contribution in [3.05, 3.63) is 35.9 Å². The molecule has 0 spiro atoms. The molecule has 1 aromatic carbocycles. The van der Waals surface area contributed by atoms with E-state index in [-0.39, 0.29) is 18.9 Å². The number of hydrogen-bond acceptors (Lipinski definition) is 6. The summed E-state index contributed by atoms with van der Waals surface area (Å²) in [6.45, 7) is 2.53. The molecule has 0 radical (unpaired) electrons. The summed E-state index contributed by atoms with van der Waals surface area (Å²) in [5.74, 6) is -3.50. The highest BCUT2D eigenvalue weighted by atomic mass is 16.4. The van der Waals surface area contributed by atoms with Gasteiger partial charge in [0.25, 0.3) is 5.91 Å². The normalized spacial score (nSPS) is 12.9. The number of carboxylic acids is 1. The number of nitrogens with two attached hydrogens (primary N) is 2. The average Bonchev–Trinajstić information content (AvgIpc) is 2.64. The first kappa shape index (κ1) is 23.3. The minimum absolute atomic E-state index is 0.0776. The number of nitrogens with zero attached hydrogens (tertiary/aromatic N) is 1. The zero-order chi connectivity index (χ0) is 21.3. The molecule has 0 saturated heterocycles. The zero-order valence-corrected chi connectivity index (χ0v) is 16.1. The van der Waals surface area contributed by atoms with Crippen LogP contribution in [0.4, 0.5) is 0 Å². The maximum absolute atomic E-state index is 13.0. The number of carbonyl (C=O) groups is 4. The largest absolute Gasteiger partial charge is 0.480 e. The van der Waals surface area contributed by atoms with Crippen LogP contribution in [0.1, 0.15) is 25.8 Å². The topological polar surface area (TPSA) is 156 Å². The molecule has 0 fully saturated rings. The number of benzene rings is 1. The Bertz CT molecular complexity index is 693. The number of aliphatic carboxylic acids is 1. The van der Waals surface area contributed by atoms with E-state index in [0.717, 1.165) is 5.56 Å². The van der Waals surface area contributed by atoms with Gasteiger partial charge in [-0.25, -0.2) is 0 Å². The lowest BCUT2D eigenvalue weighted by Gasteiger charge is -2.28. The summed E-state index contributed by atoms with van der Waals surface area (Å²) in [6.07, 6.45) is 0.370. The Morgan fingerprint density at radius 3 is 2.21 bits per heavy atom. The Balaban J connectivity index is 3.13. The summed E-state index contributed by atoms with van der Waals surface area (Å²) in [5.41, 5.74) is 11.9. The monoisotopic (exact) mass is 392 g/mol. The highest BCUT2D eigenvalue weighted by Gasteiger charge is 2.34. The Morgan fingerprint density at radius 1 is 1.11 bits per heavy atom. The molecule has 0 aliphatic rings. The molecule has 1 aromatic rings. The molecule has 0 aliphatic carbocycles. The Labute approximate surface area is 164 Å². The summed E-state index contributed by atoms with van der Waals surface area (Å²) in [6, 6.07) is 6.66. The molecule has 9 heteroatoms. The quantitative estimate of drug-likeness (QED) is 0.417. The molecular weight excluding hydrogens is 364 g/mol. The number of imide groups is 1. The van der Waals surface area contributed by atoms with E-state index in [4.69, 9.17) is 16.6 Å². The maximum atomic E-state index is 13.0. The lowest BCUT2D eigenvalue weighted by molar-refractivity contribution is -0.154. The smallest absolute Gasteiger partial charge is 0.323 e. The van der Waals surface area contributed by atoms with Gasteiger partial charge in [0.2, 0.25) is 11.8 Å². The first-order chi connectivity index (χ1) is 13.1. The maximum Gasteiger partial charge on any atom is 0.323 e. The van der Waals surface area contributed by atoms with Crippen molar-refractivity contribution < 1.29 is 24.3 Å². The van der Waals surface area contributed by atoms with Crippen molar-refractivity contribution in [2.24, 2.45) is 17.4 Å². The van der Waals surface area contributed by atoms with Gasteiger partial charge in [-0.15, -0.1) is 0 Å². The second-order valence-corrected chi connectivity index (χ2v) is 6.91. The van der Waals surface area contributed by atoms with Gasteiger partial charge in [-0.05, 0) is 17.9 Å². The molecule has 6 N–H and O–H groups in total. The zero-order valence-electron chi connectivity index (χ0n) is 16.1. The summed E-state index contributed by atoms with van der Waals surface area (Å²) < 4.78 is 0. The van der Waals surface area contributed by atoms with Crippen LogP contribution in [0.2, 0.25) is 0 Å². The molecular formula is C19H28N4O5. The van der Waals surface area contributed by atoms with E-state index in [1.807, 2.05) is 13.8 Å². The van der Waals surface area contributed by atoms with Crippen molar-refractivity contribution in [3.63, 3.8) is 0 Å². The third-order valence-electron chi connectivity index (χ3n) is 3.97. The first-order valence-corrected chi connectivity index (χ1v) is 9.01. The van der Waals surface area contributed by atoms with Crippen molar-refractivity contribution in [1.29, 1.82) is 0 Å². The molecule has 3 amide bonds. The lowest BCUT2D eigenvalue weighted by atomic mass is 10.0. The van der Waals surface area contributed by atoms with Crippen LogP contribution in [-0.4, -0.2) is 58.9 Å². The van der Waals surface area contributed by atoms with Gasteiger partial charge < -0.3 is 21.9 Å². The molecule has 0 saturated carbocycles. The summed E-state index contributed by atoms with van der Waals surface area (Å²) in [7, 11) is 0. The van der Waals surface area contributed by atoms with Gasteiger partial charge in [-0.3, -0.25) is 24.1 Å². The van der Waals surface area contributed by atoms with Crippen LogP contribution in [0.15, 0.2) is 30.3 Å². The van der Waals surface area contributed by atoms with Crippen molar-refractivity contribution in [1.82, 2.24) is 10.2 Å². The Hall–Kier alpha value is -2.78. The van der Waals surface area contributed by atoms with E-state index < -0.39 is 42.3 Å². The van der Waals surface area contributed by atoms with Crippen LogP contribution in [0.25, 0.3) is 0 Å². The molecule has 2 atom stereocenters. The van der Waals surface area contributed by atoms with E-state index in [1.165, 1.54) is 0 Å². The molecule has 1 rings (SSSR count). The van der Waals surface area contributed by atoms with Crippen LogP contribution in [0, 0.1) is 5.92 Å². The number of carbonyl (C=O) groups excluding carboxylic acids is 3. The van der Waals surface area contributed by atoms with Crippen molar-refractivity contribution >= 4 is 23.7 Å². The lowest BCUT2D eigenvalue weighted by Crippen LogP contribution is -2.57. The van der Waals surface area contributed by atoms with Gasteiger partial charge in [-0.2, -0.15) is 0 Å². The molecule has 0 bridgehead atoms.